The number of nitrogens with one attached hydrogen (secondary N) is 3. The van der Waals surface area contributed by atoms with E-state index in [1.165, 1.54) is 32.1 Å². The van der Waals surface area contributed by atoms with Crippen molar-refractivity contribution in [2.45, 2.75) is 77.9 Å². The summed E-state index contributed by atoms with van der Waals surface area (Å²) >= 11 is 0. The molecule has 2 saturated heterocycles. The van der Waals surface area contributed by atoms with E-state index in [-0.39, 0.29) is 11.3 Å². The Hall–Kier alpha value is -1.30. The van der Waals surface area contributed by atoms with Crippen molar-refractivity contribution in [3.8, 4) is 0 Å². The third-order valence-electron chi connectivity index (χ3n) is 5.37. The third-order valence-corrected chi connectivity index (χ3v) is 5.37. The van der Waals surface area contributed by atoms with Crippen molar-refractivity contribution in [1.82, 2.24) is 20.9 Å². The molecule has 6 nitrogen and oxygen atoms in total. The molecule has 2 unspecified atom stereocenters. The van der Waals surface area contributed by atoms with E-state index in [1.54, 1.807) is 0 Å². The zero-order valence-corrected chi connectivity index (χ0v) is 16.7. The van der Waals surface area contributed by atoms with Crippen molar-refractivity contribution < 1.29 is 4.79 Å². The minimum absolute atomic E-state index is 0.0730. The zero-order chi connectivity index (χ0) is 18.4. The lowest BCUT2D eigenvalue weighted by Crippen LogP contribution is -2.56. The Morgan fingerprint density at radius 2 is 1.80 bits per heavy atom. The van der Waals surface area contributed by atoms with Crippen LogP contribution in [0, 0.1) is 5.41 Å². The molecule has 2 atom stereocenters. The van der Waals surface area contributed by atoms with Crippen molar-refractivity contribution in [1.29, 1.82) is 0 Å². The molecule has 1 amide bonds. The molecule has 0 aromatic carbocycles. The smallest absolute Gasteiger partial charge is 0.225 e. The summed E-state index contributed by atoms with van der Waals surface area (Å²) in [6, 6.07) is 1.91. The van der Waals surface area contributed by atoms with E-state index in [9.17, 15) is 4.79 Å². The van der Waals surface area contributed by atoms with Crippen LogP contribution in [0.4, 0.5) is 0 Å². The second kappa shape index (κ2) is 8.88. The normalized spacial score (nSPS) is 27.7. The monoisotopic (exact) mass is 351 g/mol. The molecule has 2 fully saturated rings. The average Bonchev–Trinajstić information content (AvgIpc) is 2.51. The lowest BCUT2D eigenvalue weighted by Gasteiger charge is -2.47. The first-order valence-corrected chi connectivity index (χ1v) is 9.86. The average molecular weight is 352 g/mol. The van der Waals surface area contributed by atoms with E-state index >= 15 is 0 Å². The molecule has 0 aliphatic carbocycles. The van der Waals surface area contributed by atoms with Crippen LogP contribution in [0.2, 0.25) is 0 Å². The van der Waals surface area contributed by atoms with Gasteiger partial charge in [-0.15, -0.1) is 0 Å². The number of amides is 1. The van der Waals surface area contributed by atoms with Crippen LogP contribution in [0.3, 0.4) is 0 Å². The van der Waals surface area contributed by atoms with Crippen LogP contribution in [0.15, 0.2) is 4.99 Å². The fourth-order valence-corrected chi connectivity index (χ4v) is 3.85. The molecular weight excluding hydrogens is 314 g/mol. The summed E-state index contributed by atoms with van der Waals surface area (Å²) in [6.45, 7) is 9.88. The third kappa shape index (κ3) is 5.87. The molecule has 2 aliphatic heterocycles. The lowest BCUT2D eigenvalue weighted by molar-refractivity contribution is -0.128. The second-order valence-electron chi connectivity index (χ2n) is 8.48. The van der Waals surface area contributed by atoms with E-state index in [1.807, 2.05) is 20.8 Å². The van der Waals surface area contributed by atoms with Gasteiger partial charge in [0.2, 0.25) is 5.91 Å². The van der Waals surface area contributed by atoms with Gasteiger partial charge in [0.05, 0.1) is 6.54 Å². The zero-order valence-electron chi connectivity index (χ0n) is 16.7. The molecule has 3 N–H and O–H groups in total. The maximum atomic E-state index is 11.9. The summed E-state index contributed by atoms with van der Waals surface area (Å²) in [5, 5.41) is 9.92. The minimum Gasteiger partial charge on any atom is -0.357 e. The van der Waals surface area contributed by atoms with E-state index in [0.29, 0.717) is 31.2 Å². The van der Waals surface area contributed by atoms with Crippen molar-refractivity contribution >= 4 is 11.9 Å². The second-order valence-corrected chi connectivity index (χ2v) is 8.48. The molecule has 0 saturated carbocycles. The molecule has 2 rings (SSSR count). The van der Waals surface area contributed by atoms with E-state index < -0.39 is 0 Å². The number of aliphatic imine (C=N–C) groups is 1. The first-order chi connectivity index (χ1) is 11.8. The van der Waals surface area contributed by atoms with Gasteiger partial charge in [-0.1, -0.05) is 27.2 Å². The first-order valence-electron chi connectivity index (χ1n) is 9.86. The molecule has 2 heterocycles. The molecule has 144 valence electrons. The van der Waals surface area contributed by atoms with Gasteiger partial charge in [0.25, 0.3) is 0 Å². The van der Waals surface area contributed by atoms with Gasteiger partial charge in [0.15, 0.2) is 5.96 Å². The van der Waals surface area contributed by atoms with Crippen LogP contribution < -0.4 is 16.0 Å². The minimum atomic E-state index is -0.349. The highest BCUT2D eigenvalue weighted by Crippen LogP contribution is 2.32. The quantitative estimate of drug-likeness (QED) is 0.401. The highest BCUT2D eigenvalue weighted by molar-refractivity contribution is 5.81. The fraction of sp³-hybridized carbons (Fsp3) is 0.895. The number of hydrogen-bond acceptors (Lipinski definition) is 3. The van der Waals surface area contributed by atoms with Crippen LogP contribution in [0.25, 0.3) is 0 Å². The summed E-state index contributed by atoms with van der Waals surface area (Å²) in [4.78, 5) is 19.1. The van der Waals surface area contributed by atoms with Crippen LogP contribution in [-0.4, -0.2) is 61.6 Å². The van der Waals surface area contributed by atoms with Crippen LogP contribution in [0.1, 0.15) is 59.8 Å². The standard InChI is InChI=1S/C19H37N5O/c1-6-20-18(22-11-10-21-17(25)19(2,3)4)23-14-12-15-8-7-9-16(13-14)24(15)5/h14-16H,6-13H2,1-5H3,(H,21,25)(H2,20,22,23). The summed E-state index contributed by atoms with van der Waals surface area (Å²) in [7, 11) is 2.28. The van der Waals surface area contributed by atoms with Crippen molar-refractivity contribution in [3.63, 3.8) is 0 Å². The van der Waals surface area contributed by atoms with Gasteiger partial charge in [-0.3, -0.25) is 9.79 Å². The van der Waals surface area contributed by atoms with Gasteiger partial charge in [0, 0.05) is 36.6 Å². The van der Waals surface area contributed by atoms with Gasteiger partial charge in [0.1, 0.15) is 0 Å². The van der Waals surface area contributed by atoms with Gasteiger partial charge in [-0.2, -0.15) is 0 Å². The van der Waals surface area contributed by atoms with E-state index in [4.69, 9.17) is 0 Å². The Morgan fingerprint density at radius 1 is 1.16 bits per heavy atom. The number of guanidine groups is 1. The van der Waals surface area contributed by atoms with Gasteiger partial charge >= 0.3 is 0 Å². The van der Waals surface area contributed by atoms with E-state index in [0.717, 1.165) is 12.5 Å². The molecular formula is C19H37N5O. The molecule has 0 aromatic heterocycles. The predicted molar refractivity (Wildman–Crippen MR) is 104 cm³/mol. The maximum absolute atomic E-state index is 11.9. The van der Waals surface area contributed by atoms with Crippen LogP contribution >= 0.6 is 0 Å². The van der Waals surface area contributed by atoms with Crippen molar-refractivity contribution in [2.24, 2.45) is 10.4 Å². The molecule has 0 radical (unpaired) electrons. The predicted octanol–water partition coefficient (Wildman–Crippen LogP) is 1.72. The fourth-order valence-electron chi connectivity index (χ4n) is 3.85. The Balaban J connectivity index is 1.82. The van der Waals surface area contributed by atoms with Gasteiger partial charge < -0.3 is 20.9 Å². The van der Waals surface area contributed by atoms with Crippen LogP contribution in [0.5, 0.6) is 0 Å². The largest absolute Gasteiger partial charge is 0.357 e. The summed E-state index contributed by atoms with van der Waals surface area (Å²) in [5.41, 5.74) is -0.349. The SMILES string of the molecule is CCNC(=NCCNC(=O)C(C)(C)C)NC1CC2CCCC(C1)N2C. The Labute approximate surface area is 153 Å². The number of carbonyl (C=O) groups excluding carboxylic acids is 1. The van der Waals surface area contributed by atoms with E-state index in [2.05, 4.69) is 39.8 Å². The Bertz CT molecular complexity index is 457. The molecule has 25 heavy (non-hydrogen) atoms. The molecule has 0 aromatic rings. The van der Waals surface area contributed by atoms with Gasteiger partial charge in [-0.05, 0) is 39.7 Å². The molecule has 2 bridgehead atoms. The number of nitrogens with zero attached hydrogens (tertiary/aromatic N) is 2. The number of piperidine rings is 2. The number of carbonyl (C=O) groups is 1. The van der Waals surface area contributed by atoms with Gasteiger partial charge in [-0.25, -0.2) is 0 Å². The molecule has 0 spiro atoms. The molecule has 6 heteroatoms. The Morgan fingerprint density at radius 3 is 2.36 bits per heavy atom. The summed E-state index contributed by atoms with van der Waals surface area (Å²) in [5.74, 6) is 0.948. The number of hydrogen-bond donors (Lipinski definition) is 3. The number of rotatable bonds is 5. The Kier molecular flexibility index (Phi) is 7.11. The highest BCUT2D eigenvalue weighted by Gasteiger charge is 2.36. The summed E-state index contributed by atoms with van der Waals surface area (Å²) in [6.07, 6.45) is 6.39. The number of fused-ring (bicyclic) bond motifs is 2. The topological polar surface area (TPSA) is 68.8 Å². The lowest BCUT2D eigenvalue weighted by atomic mass is 9.82. The first kappa shape index (κ1) is 20.0. The van der Waals surface area contributed by atoms with Crippen molar-refractivity contribution in [2.75, 3.05) is 26.7 Å². The summed E-state index contributed by atoms with van der Waals surface area (Å²) < 4.78 is 0. The van der Waals surface area contributed by atoms with Crippen molar-refractivity contribution in [3.05, 3.63) is 0 Å². The molecule has 2 aliphatic rings. The maximum Gasteiger partial charge on any atom is 0.225 e. The highest BCUT2D eigenvalue weighted by atomic mass is 16.2. The van der Waals surface area contributed by atoms with Crippen LogP contribution in [-0.2, 0) is 4.79 Å².